The normalized spacial score (nSPS) is 10.2. The Balaban J connectivity index is 2.42. The number of Topliss-reactive ketones (excluding diaryl/α,β-unsaturated/α-hetero) is 1. The first-order chi connectivity index (χ1) is 10.0. The number of rotatable bonds is 5. The molecular weight excluding hydrogens is 259 g/mol. The number of aryl methyl sites for hydroxylation is 1. The number of nitrogens with zero attached hydrogens (tertiary/aromatic N) is 2. The molecule has 0 bridgehead atoms. The lowest BCUT2D eigenvalue weighted by Crippen LogP contribution is -2.16. The van der Waals surface area contributed by atoms with E-state index in [1.807, 2.05) is 43.0 Å². The van der Waals surface area contributed by atoms with E-state index in [4.69, 9.17) is 7.85 Å². The fourth-order valence-electron chi connectivity index (χ4n) is 2.15. The highest BCUT2D eigenvalue weighted by atomic mass is 16.1. The maximum Gasteiger partial charge on any atom is 0.154 e. The van der Waals surface area contributed by atoms with Crippen LogP contribution < -0.4 is 4.90 Å². The molecule has 0 spiro atoms. The number of anilines is 2. The molecule has 0 aliphatic carbocycles. The summed E-state index contributed by atoms with van der Waals surface area (Å²) in [5, 5.41) is 0. The topological polar surface area (TPSA) is 33.2 Å². The maximum absolute atomic E-state index is 11.6. The molecule has 0 aliphatic heterocycles. The first-order valence-electron chi connectivity index (χ1n) is 6.75. The van der Waals surface area contributed by atoms with E-state index in [9.17, 15) is 4.79 Å². The van der Waals surface area contributed by atoms with Crippen LogP contribution in [0.25, 0.3) is 0 Å². The third-order valence-electron chi connectivity index (χ3n) is 3.21. The molecule has 3 nitrogen and oxygen atoms in total. The maximum atomic E-state index is 11.6. The molecule has 4 heteroatoms. The molecular formula is C17H17BN2O. The molecule has 0 atom stereocenters. The summed E-state index contributed by atoms with van der Waals surface area (Å²) in [5.41, 5.74) is 3.44. The summed E-state index contributed by atoms with van der Waals surface area (Å²) in [6.07, 6.45) is 1.77. The van der Waals surface area contributed by atoms with Gasteiger partial charge >= 0.3 is 0 Å². The monoisotopic (exact) mass is 276 g/mol. The fraction of sp³-hybridized carbons (Fsp3) is 0.176. The molecule has 2 aromatic rings. The second-order valence-corrected chi connectivity index (χ2v) is 4.89. The number of aromatic nitrogens is 1. The van der Waals surface area contributed by atoms with Crippen LogP contribution in [0.5, 0.6) is 0 Å². The number of carbonyl (C=O) groups is 1. The third kappa shape index (κ3) is 3.22. The Kier molecular flexibility index (Phi) is 4.58. The van der Waals surface area contributed by atoms with Gasteiger partial charge in [0.2, 0.25) is 0 Å². The summed E-state index contributed by atoms with van der Waals surface area (Å²) >= 11 is 0. The van der Waals surface area contributed by atoms with E-state index in [-0.39, 0.29) is 12.1 Å². The molecule has 1 aromatic carbocycles. The summed E-state index contributed by atoms with van der Waals surface area (Å²) < 4.78 is 0. The lowest BCUT2D eigenvalue weighted by molar-refractivity contribution is 0.101. The first kappa shape index (κ1) is 15.0. The number of allylic oxidation sites excluding steroid dienone is 1. The van der Waals surface area contributed by atoms with E-state index in [2.05, 4.69) is 11.6 Å². The second-order valence-electron chi connectivity index (χ2n) is 4.89. The van der Waals surface area contributed by atoms with Crippen LogP contribution in [0.3, 0.4) is 0 Å². The minimum atomic E-state index is -0.0718. The highest BCUT2D eigenvalue weighted by molar-refractivity contribution is 6.24. The van der Waals surface area contributed by atoms with Crippen LogP contribution in [0.1, 0.15) is 22.8 Å². The SMILES string of the molecule is [B]CC(=O)c1ccc(N(C(=C)C)c2ncccc2C)cc1. The Morgan fingerprint density at radius 1 is 1.29 bits per heavy atom. The number of hydrogen-bond acceptors (Lipinski definition) is 3. The van der Waals surface area contributed by atoms with E-state index in [0.29, 0.717) is 5.56 Å². The molecule has 0 aliphatic rings. The number of benzene rings is 1. The Labute approximate surface area is 126 Å². The van der Waals surface area contributed by atoms with Gasteiger partial charge in [0, 0.05) is 23.1 Å². The summed E-state index contributed by atoms with van der Waals surface area (Å²) in [7, 11) is 5.38. The highest BCUT2D eigenvalue weighted by Gasteiger charge is 2.14. The van der Waals surface area contributed by atoms with E-state index >= 15 is 0 Å². The number of pyridine rings is 1. The van der Waals surface area contributed by atoms with Crippen molar-refractivity contribution in [2.45, 2.75) is 20.2 Å². The van der Waals surface area contributed by atoms with E-state index in [0.717, 1.165) is 22.8 Å². The zero-order valence-corrected chi connectivity index (χ0v) is 12.3. The molecule has 0 unspecified atom stereocenters. The Hall–Kier alpha value is -2.36. The third-order valence-corrected chi connectivity index (χ3v) is 3.21. The number of carbonyl (C=O) groups excluding carboxylic acids is 1. The summed E-state index contributed by atoms with van der Waals surface area (Å²) in [6.45, 7) is 7.95. The molecule has 2 radical (unpaired) electrons. The van der Waals surface area contributed by atoms with Gasteiger partial charge in [-0.15, -0.1) is 0 Å². The van der Waals surface area contributed by atoms with Crippen molar-refractivity contribution in [1.82, 2.24) is 4.98 Å². The van der Waals surface area contributed by atoms with Crippen LogP contribution in [0.4, 0.5) is 11.5 Å². The lowest BCUT2D eigenvalue weighted by Gasteiger charge is -2.25. The second kappa shape index (κ2) is 6.40. The first-order valence-corrected chi connectivity index (χ1v) is 6.75. The predicted octanol–water partition coefficient (Wildman–Crippen LogP) is 3.83. The summed E-state index contributed by atoms with van der Waals surface area (Å²) in [4.78, 5) is 18.0. The molecule has 1 heterocycles. The Morgan fingerprint density at radius 3 is 2.48 bits per heavy atom. The van der Waals surface area contributed by atoms with Crippen LogP contribution in [-0.2, 0) is 0 Å². The lowest BCUT2D eigenvalue weighted by atomic mass is 9.96. The van der Waals surface area contributed by atoms with Crippen LogP contribution in [0, 0.1) is 6.92 Å². The molecule has 0 saturated heterocycles. The van der Waals surface area contributed by atoms with Crippen LogP contribution in [-0.4, -0.2) is 18.6 Å². The van der Waals surface area contributed by atoms with Crippen molar-refractivity contribution in [2.75, 3.05) is 4.90 Å². The average Bonchev–Trinajstić information content (AvgIpc) is 2.49. The van der Waals surface area contributed by atoms with Gasteiger partial charge in [-0.1, -0.05) is 12.6 Å². The minimum Gasteiger partial charge on any atom is -0.300 e. The van der Waals surface area contributed by atoms with Gasteiger partial charge in [-0.2, -0.15) is 0 Å². The molecule has 0 N–H and O–H groups in total. The molecule has 2 rings (SSSR count). The Bertz CT molecular complexity index is 665. The number of ketones is 1. The molecule has 21 heavy (non-hydrogen) atoms. The van der Waals surface area contributed by atoms with Gasteiger partial charge in [0.05, 0.1) is 7.85 Å². The fourth-order valence-corrected chi connectivity index (χ4v) is 2.15. The van der Waals surface area contributed by atoms with Gasteiger partial charge in [-0.3, -0.25) is 9.69 Å². The summed E-state index contributed by atoms with van der Waals surface area (Å²) in [5.74, 6) is 0.764. The minimum absolute atomic E-state index is 0.0168. The Morgan fingerprint density at radius 2 is 1.95 bits per heavy atom. The predicted molar refractivity (Wildman–Crippen MR) is 87.3 cm³/mol. The van der Waals surface area contributed by atoms with Crippen LogP contribution >= 0.6 is 0 Å². The standard InChI is InChI=1S/C17H17BN2O/c1-12(2)20(17-13(3)5-4-10-19-17)15-8-6-14(7-9-15)16(21)11-18/h4-10H,1,11H2,2-3H3. The largest absolute Gasteiger partial charge is 0.300 e. The van der Waals surface area contributed by atoms with Gasteiger partial charge in [0.15, 0.2) is 5.78 Å². The van der Waals surface area contributed by atoms with Gasteiger partial charge in [0.1, 0.15) is 5.82 Å². The van der Waals surface area contributed by atoms with Crippen molar-refractivity contribution in [3.05, 3.63) is 66.0 Å². The zero-order chi connectivity index (χ0) is 15.4. The molecule has 104 valence electrons. The van der Waals surface area contributed by atoms with Crippen molar-refractivity contribution in [3.63, 3.8) is 0 Å². The van der Waals surface area contributed by atoms with Crippen molar-refractivity contribution in [1.29, 1.82) is 0 Å². The zero-order valence-electron chi connectivity index (χ0n) is 12.3. The molecule has 1 aromatic heterocycles. The van der Waals surface area contributed by atoms with Crippen molar-refractivity contribution >= 4 is 25.1 Å². The van der Waals surface area contributed by atoms with Crippen molar-refractivity contribution < 1.29 is 4.79 Å². The molecule has 0 saturated carbocycles. The highest BCUT2D eigenvalue weighted by Crippen LogP contribution is 2.29. The van der Waals surface area contributed by atoms with Gasteiger partial charge in [-0.05, 0) is 56.1 Å². The molecule has 0 fully saturated rings. The smallest absolute Gasteiger partial charge is 0.154 e. The van der Waals surface area contributed by atoms with Crippen LogP contribution in [0.2, 0.25) is 6.32 Å². The van der Waals surface area contributed by atoms with E-state index in [1.165, 1.54) is 0 Å². The number of hydrogen-bond donors (Lipinski definition) is 0. The van der Waals surface area contributed by atoms with Crippen molar-refractivity contribution in [2.24, 2.45) is 0 Å². The van der Waals surface area contributed by atoms with Gasteiger partial charge < -0.3 is 0 Å². The van der Waals surface area contributed by atoms with Gasteiger partial charge in [0.25, 0.3) is 0 Å². The quantitative estimate of drug-likeness (QED) is 0.614. The summed E-state index contributed by atoms with van der Waals surface area (Å²) in [6, 6.07) is 11.2. The van der Waals surface area contributed by atoms with E-state index in [1.54, 1.807) is 18.3 Å². The van der Waals surface area contributed by atoms with Crippen molar-refractivity contribution in [3.8, 4) is 0 Å². The van der Waals surface area contributed by atoms with Gasteiger partial charge in [-0.25, -0.2) is 4.98 Å². The van der Waals surface area contributed by atoms with E-state index < -0.39 is 0 Å². The van der Waals surface area contributed by atoms with Crippen LogP contribution in [0.15, 0.2) is 54.9 Å². The molecule has 0 amide bonds. The average molecular weight is 276 g/mol.